The first kappa shape index (κ1) is 9.00. The van der Waals surface area contributed by atoms with Crippen molar-refractivity contribution in [2.45, 2.75) is 44.3 Å². The Bertz CT molecular complexity index is 247. The standard InChI is InChI=1S/C10H16O3/c1-9(6-7-4-5-7)10(2,13-9)8(11)12-3/h7H,4-6H2,1-3H3. The number of esters is 1. The van der Waals surface area contributed by atoms with Gasteiger partial charge in [0.15, 0.2) is 5.60 Å². The van der Waals surface area contributed by atoms with Crippen molar-refractivity contribution in [1.82, 2.24) is 0 Å². The molecule has 1 aliphatic heterocycles. The molecule has 0 aromatic carbocycles. The molecule has 0 N–H and O–H groups in total. The predicted octanol–water partition coefficient (Wildman–Crippen LogP) is 1.51. The number of carbonyl (C=O) groups excluding carboxylic acids is 1. The van der Waals surface area contributed by atoms with Gasteiger partial charge in [-0.05, 0) is 26.2 Å². The summed E-state index contributed by atoms with van der Waals surface area (Å²) in [6, 6.07) is 0. The molecule has 2 atom stereocenters. The summed E-state index contributed by atoms with van der Waals surface area (Å²) in [4.78, 5) is 11.4. The van der Waals surface area contributed by atoms with Crippen molar-refractivity contribution in [3.63, 3.8) is 0 Å². The van der Waals surface area contributed by atoms with E-state index < -0.39 is 5.60 Å². The van der Waals surface area contributed by atoms with E-state index in [0.717, 1.165) is 12.3 Å². The number of epoxide rings is 1. The average molecular weight is 184 g/mol. The van der Waals surface area contributed by atoms with Crippen LogP contribution in [0, 0.1) is 5.92 Å². The number of carbonyl (C=O) groups is 1. The number of methoxy groups -OCH3 is 1. The Morgan fingerprint density at radius 2 is 2.15 bits per heavy atom. The molecule has 74 valence electrons. The van der Waals surface area contributed by atoms with Crippen LogP contribution in [0.2, 0.25) is 0 Å². The van der Waals surface area contributed by atoms with E-state index in [1.165, 1.54) is 20.0 Å². The molecule has 2 fully saturated rings. The zero-order valence-electron chi connectivity index (χ0n) is 8.42. The minimum atomic E-state index is -0.676. The van der Waals surface area contributed by atoms with Gasteiger partial charge in [0, 0.05) is 0 Å². The first-order chi connectivity index (χ1) is 6.02. The van der Waals surface area contributed by atoms with Gasteiger partial charge in [0.2, 0.25) is 0 Å². The molecule has 0 radical (unpaired) electrons. The Hall–Kier alpha value is -0.570. The molecule has 0 spiro atoms. The van der Waals surface area contributed by atoms with Crippen LogP contribution < -0.4 is 0 Å². The van der Waals surface area contributed by atoms with Crippen LogP contribution in [0.15, 0.2) is 0 Å². The van der Waals surface area contributed by atoms with Crippen LogP contribution >= 0.6 is 0 Å². The molecule has 0 aromatic heterocycles. The van der Waals surface area contributed by atoms with Gasteiger partial charge in [-0.1, -0.05) is 12.8 Å². The third kappa shape index (κ3) is 1.26. The van der Waals surface area contributed by atoms with E-state index in [-0.39, 0.29) is 11.6 Å². The van der Waals surface area contributed by atoms with Gasteiger partial charge >= 0.3 is 5.97 Å². The van der Waals surface area contributed by atoms with Crippen molar-refractivity contribution in [3.05, 3.63) is 0 Å². The maximum absolute atomic E-state index is 11.4. The minimum absolute atomic E-state index is 0.240. The van der Waals surface area contributed by atoms with Gasteiger partial charge in [0.1, 0.15) is 5.60 Å². The Kier molecular flexibility index (Phi) is 1.71. The second-order valence-electron chi connectivity index (χ2n) is 4.51. The summed E-state index contributed by atoms with van der Waals surface area (Å²) in [6.45, 7) is 3.82. The van der Waals surface area contributed by atoms with E-state index in [4.69, 9.17) is 9.47 Å². The summed E-state index contributed by atoms with van der Waals surface area (Å²) >= 11 is 0. The lowest BCUT2D eigenvalue weighted by molar-refractivity contribution is -0.146. The third-order valence-electron chi connectivity index (χ3n) is 3.35. The zero-order valence-corrected chi connectivity index (χ0v) is 8.42. The van der Waals surface area contributed by atoms with Crippen LogP contribution in [0.4, 0.5) is 0 Å². The Morgan fingerprint density at radius 1 is 1.54 bits per heavy atom. The van der Waals surface area contributed by atoms with E-state index in [0.29, 0.717) is 0 Å². The van der Waals surface area contributed by atoms with Gasteiger partial charge in [-0.25, -0.2) is 4.79 Å². The molecule has 0 bridgehead atoms. The van der Waals surface area contributed by atoms with Crippen molar-refractivity contribution in [3.8, 4) is 0 Å². The van der Waals surface area contributed by atoms with Crippen LogP contribution in [0.1, 0.15) is 33.1 Å². The SMILES string of the molecule is COC(=O)C1(C)OC1(C)CC1CC1. The first-order valence-corrected chi connectivity index (χ1v) is 4.80. The van der Waals surface area contributed by atoms with Gasteiger partial charge in [0.05, 0.1) is 7.11 Å². The highest BCUT2D eigenvalue weighted by Crippen LogP contribution is 2.55. The normalized spacial score (nSPS) is 43.0. The van der Waals surface area contributed by atoms with Crippen molar-refractivity contribution in [2.24, 2.45) is 5.92 Å². The van der Waals surface area contributed by atoms with E-state index in [9.17, 15) is 4.79 Å². The molecule has 2 unspecified atom stereocenters. The number of rotatable bonds is 3. The third-order valence-corrected chi connectivity index (χ3v) is 3.35. The highest BCUT2D eigenvalue weighted by atomic mass is 16.7. The molecule has 1 aliphatic carbocycles. The molecular weight excluding hydrogens is 168 g/mol. The summed E-state index contributed by atoms with van der Waals surface area (Å²) in [5.41, 5.74) is -0.939. The molecule has 2 aliphatic rings. The molecule has 1 saturated heterocycles. The molecule has 3 nitrogen and oxygen atoms in total. The monoisotopic (exact) mass is 184 g/mol. The zero-order chi connectivity index (χ0) is 9.69. The fourth-order valence-corrected chi connectivity index (χ4v) is 1.99. The minimum Gasteiger partial charge on any atom is -0.467 e. The van der Waals surface area contributed by atoms with Crippen molar-refractivity contribution in [1.29, 1.82) is 0 Å². The largest absolute Gasteiger partial charge is 0.467 e. The fourth-order valence-electron chi connectivity index (χ4n) is 1.99. The second kappa shape index (κ2) is 2.47. The average Bonchev–Trinajstić information content (AvgIpc) is 2.93. The van der Waals surface area contributed by atoms with Crippen LogP contribution in [-0.2, 0) is 14.3 Å². The van der Waals surface area contributed by atoms with E-state index in [2.05, 4.69) is 0 Å². The smallest absolute Gasteiger partial charge is 0.340 e. The Morgan fingerprint density at radius 3 is 2.62 bits per heavy atom. The number of hydrogen-bond donors (Lipinski definition) is 0. The van der Waals surface area contributed by atoms with Crippen molar-refractivity contribution < 1.29 is 14.3 Å². The molecule has 3 heteroatoms. The van der Waals surface area contributed by atoms with Crippen molar-refractivity contribution >= 4 is 5.97 Å². The van der Waals surface area contributed by atoms with Crippen LogP contribution in [-0.4, -0.2) is 24.3 Å². The lowest BCUT2D eigenvalue weighted by Crippen LogP contribution is -2.30. The van der Waals surface area contributed by atoms with E-state index in [1.807, 2.05) is 13.8 Å². The van der Waals surface area contributed by atoms with Crippen LogP contribution in [0.3, 0.4) is 0 Å². The lowest BCUT2D eigenvalue weighted by Gasteiger charge is -2.09. The lowest BCUT2D eigenvalue weighted by atomic mass is 9.91. The highest BCUT2D eigenvalue weighted by Gasteiger charge is 2.70. The molecule has 1 heterocycles. The maximum atomic E-state index is 11.4. The molecule has 0 aromatic rings. The molecule has 13 heavy (non-hydrogen) atoms. The summed E-state index contributed by atoms with van der Waals surface area (Å²) in [5.74, 6) is 0.534. The summed E-state index contributed by atoms with van der Waals surface area (Å²) in [6.07, 6.45) is 3.57. The topological polar surface area (TPSA) is 38.8 Å². The predicted molar refractivity (Wildman–Crippen MR) is 47.3 cm³/mol. The van der Waals surface area contributed by atoms with Gasteiger partial charge in [-0.3, -0.25) is 0 Å². The van der Waals surface area contributed by atoms with Gasteiger partial charge in [0.25, 0.3) is 0 Å². The molecule has 2 rings (SSSR count). The quantitative estimate of drug-likeness (QED) is 0.493. The summed E-state index contributed by atoms with van der Waals surface area (Å²) in [7, 11) is 1.41. The number of ether oxygens (including phenoxy) is 2. The molecular formula is C10H16O3. The van der Waals surface area contributed by atoms with Crippen LogP contribution in [0.25, 0.3) is 0 Å². The first-order valence-electron chi connectivity index (χ1n) is 4.80. The van der Waals surface area contributed by atoms with Gasteiger partial charge in [-0.2, -0.15) is 0 Å². The maximum Gasteiger partial charge on any atom is 0.340 e. The van der Waals surface area contributed by atoms with E-state index >= 15 is 0 Å². The molecule has 0 amide bonds. The number of hydrogen-bond acceptors (Lipinski definition) is 3. The second-order valence-corrected chi connectivity index (χ2v) is 4.51. The summed E-state index contributed by atoms with van der Waals surface area (Å²) in [5, 5.41) is 0. The molecule has 1 saturated carbocycles. The van der Waals surface area contributed by atoms with Crippen molar-refractivity contribution in [2.75, 3.05) is 7.11 Å². The Labute approximate surface area is 78.4 Å². The Balaban J connectivity index is 2.00. The van der Waals surface area contributed by atoms with Gasteiger partial charge in [-0.15, -0.1) is 0 Å². The fraction of sp³-hybridized carbons (Fsp3) is 0.900. The van der Waals surface area contributed by atoms with E-state index in [1.54, 1.807) is 0 Å². The van der Waals surface area contributed by atoms with Crippen LogP contribution in [0.5, 0.6) is 0 Å². The summed E-state index contributed by atoms with van der Waals surface area (Å²) < 4.78 is 10.2. The van der Waals surface area contributed by atoms with Gasteiger partial charge < -0.3 is 9.47 Å². The highest BCUT2D eigenvalue weighted by molar-refractivity contribution is 5.84.